The van der Waals surface area contributed by atoms with Crippen LogP contribution >= 0.6 is 24.0 Å². The Labute approximate surface area is 91.6 Å². The van der Waals surface area contributed by atoms with Crippen molar-refractivity contribution in [1.82, 2.24) is 5.32 Å². The van der Waals surface area contributed by atoms with Crippen molar-refractivity contribution >= 4 is 29.9 Å². The molecular formula is C9H11NO2S2. The molecule has 0 bridgehead atoms. The highest BCUT2D eigenvalue weighted by Gasteiger charge is 2.43. The van der Waals surface area contributed by atoms with E-state index in [1.165, 1.54) is 11.3 Å². The lowest BCUT2D eigenvalue weighted by Gasteiger charge is -2.12. The number of nitrogens with one attached hydrogen (secondary N) is 1. The molecule has 1 aromatic rings. The van der Waals surface area contributed by atoms with Gasteiger partial charge in [0.1, 0.15) is 0 Å². The molecule has 3 nitrogen and oxygen atoms in total. The first-order chi connectivity index (χ1) is 6.65. The molecule has 0 unspecified atom stereocenters. The van der Waals surface area contributed by atoms with Gasteiger partial charge in [0, 0.05) is 10.3 Å². The fraction of sp³-hybridized carbons (Fsp3) is 0.444. The average molecular weight is 229 g/mol. The molecule has 0 atom stereocenters. The van der Waals surface area contributed by atoms with Crippen LogP contribution in [-0.4, -0.2) is 23.2 Å². The highest BCUT2D eigenvalue weighted by atomic mass is 32.1. The van der Waals surface area contributed by atoms with Gasteiger partial charge in [0.25, 0.3) is 5.91 Å². The molecule has 76 valence electrons. The van der Waals surface area contributed by atoms with Gasteiger partial charge in [0.2, 0.25) is 0 Å². The van der Waals surface area contributed by atoms with Crippen LogP contribution in [0.3, 0.4) is 0 Å². The van der Waals surface area contributed by atoms with Gasteiger partial charge in [-0.3, -0.25) is 4.79 Å². The highest BCUT2D eigenvalue weighted by Crippen LogP contribution is 2.35. The minimum Gasteiger partial charge on any atom is -0.394 e. The van der Waals surface area contributed by atoms with Crippen LogP contribution in [0, 0.1) is 0 Å². The van der Waals surface area contributed by atoms with E-state index in [2.05, 4.69) is 17.9 Å². The summed E-state index contributed by atoms with van der Waals surface area (Å²) in [5.41, 5.74) is -0.335. The summed E-state index contributed by atoms with van der Waals surface area (Å²) in [6.07, 6.45) is 1.74. The number of carbonyl (C=O) groups excluding carboxylic acids is 1. The second-order valence-electron chi connectivity index (χ2n) is 3.56. The summed E-state index contributed by atoms with van der Waals surface area (Å²) in [4.78, 5) is 13.1. The summed E-state index contributed by atoms with van der Waals surface area (Å²) in [5, 5.41) is 13.7. The van der Waals surface area contributed by atoms with E-state index in [1.54, 1.807) is 6.07 Å². The number of aliphatic hydroxyl groups excluding tert-OH is 1. The molecule has 0 saturated heterocycles. The Bertz CT molecular complexity index is 357. The molecule has 0 aliphatic heterocycles. The Hall–Kier alpha value is -0.520. The number of amides is 1. The van der Waals surface area contributed by atoms with Crippen LogP contribution in [0.5, 0.6) is 0 Å². The van der Waals surface area contributed by atoms with Crippen LogP contribution in [0.25, 0.3) is 0 Å². The molecule has 0 spiro atoms. The Morgan fingerprint density at radius 3 is 2.86 bits per heavy atom. The van der Waals surface area contributed by atoms with Crippen molar-refractivity contribution in [2.45, 2.75) is 23.3 Å². The van der Waals surface area contributed by atoms with Gasteiger partial charge < -0.3 is 10.4 Å². The van der Waals surface area contributed by atoms with Gasteiger partial charge in [-0.05, 0) is 18.9 Å². The summed E-state index contributed by atoms with van der Waals surface area (Å²) < 4.78 is 0. The van der Waals surface area contributed by atoms with E-state index < -0.39 is 0 Å². The maximum Gasteiger partial charge on any atom is 0.261 e. The topological polar surface area (TPSA) is 49.3 Å². The lowest BCUT2D eigenvalue weighted by Crippen LogP contribution is -2.39. The summed E-state index contributed by atoms with van der Waals surface area (Å²) in [6, 6.07) is 1.73. The molecule has 5 heteroatoms. The largest absolute Gasteiger partial charge is 0.394 e. The lowest BCUT2D eigenvalue weighted by molar-refractivity contribution is 0.0911. The number of rotatable bonds is 3. The summed E-state index contributed by atoms with van der Waals surface area (Å²) >= 11 is 5.50. The number of thiol groups is 1. The maximum absolute atomic E-state index is 11.6. The third-order valence-electron chi connectivity index (χ3n) is 2.34. The second-order valence-corrected chi connectivity index (χ2v) is 4.99. The summed E-state index contributed by atoms with van der Waals surface area (Å²) in [7, 11) is 0. The van der Waals surface area contributed by atoms with Crippen molar-refractivity contribution in [1.29, 1.82) is 0 Å². The van der Waals surface area contributed by atoms with Crippen molar-refractivity contribution < 1.29 is 9.90 Å². The Kier molecular flexibility index (Phi) is 2.55. The zero-order chi connectivity index (χ0) is 10.2. The van der Waals surface area contributed by atoms with E-state index >= 15 is 0 Å². The minimum absolute atomic E-state index is 0.0256. The van der Waals surface area contributed by atoms with Gasteiger partial charge in [-0.15, -0.1) is 24.0 Å². The van der Waals surface area contributed by atoms with E-state index in [0.717, 1.165) is 17.7 Å². The van der Waals surface area contributed by atoms with Gasteiger partial charge in [0.05, 0.1) is 17.0 Å². The van der Waals surface area contributed by atoms with Crippen molar-refractivity contribution in [2.24, 2.45) is 0 Å². The fourth-order valence-electron chi connectivity index (χ4n) is 1.22. The molecule has 2 rings (SSSR count). The molecule has 1 aromatic heterocycles. The molecule has 1 fully saturated rings. The third kappa shape index (κ3) is 1.94. The van der Waals surface area contributed by atoms with Crippen LogP contribution in [0.1, 0.15) is 22.5 Å². The number of aliphatic hydroxyl groups is 1. The zero-order valence-electron chi connectivity index (χ0n) is 7.49. The smallest absolute Gasteiger partial charge is 0.261 e. The molecule has 1 aliphatic rings. The van der Waals surface area contributed by atoms with Crippen molar-refractivity contribution in [3.05, 3.63) is 16.3 Å². The number of hydrogen-bond donors (Lipinski definition) is 3. The molecule has 0 radical (unpaired) electrons. The summed E-state index contributed by atoms with van der Waals surface area (Å²) in [5.74, 6) is -0.109. The first kappa shape index (κ1) is 10.0. The maximum atomic E-state index is 11.6. The first-order valence-corrected chi connectivity index (χ1v) is 5.69. The van der Waals surface area contributed by atoms with Crippen LogP contribution in [-0.2, 0) is 0 Å². The molecule has 2 N–H and O–H groups in total. The van der Waals surface area contributed by atoms with Crippen LogP contribution in [0.2, 0.25) is 0 Å². The number of thiophene rings is 1. The predicted octanol–water partition coefficient (Wildman–Crippen LogP) is 1.29. The Morgan fingerprint density at radius 2 is 2.43 bits per heavy atom. The quantitative estimate of drug-likeness (QED) is 0.684. The first-order valence-electron chi connectivity index (χ1n) is 4.36. The van der Waals surface area contributed by atoms with E-state index in [0.29, 0.717) is 4.88 Å². The monoisotopic (exact) mass is 229 g/mol. The average Bonchev–Trinajstić information content (AvgIpc) is 2.80. The van der Waals surface area contributed by atoms with E-state index in [9.17, 15) is 4.79 Å². The van der Waals surface area contributed by atoms with Gasteiger partial charge in [0.15, 0.2) is 0 Å². The molecule has 1 heterocycles. The number of carbonyl (C=O) groups is 1. The highest BCUT2D eigenvalue weighted by molar-refractivity contribution is 7.80. The molecule has 1 amide bonds. The SMILES string of the molecule is O=C(NC1(CO)CC1)c1cc(S)cs1. The Morgan fingerprint density at radius 1 is 1.71 bits per heavy atom. The van der Waals surface area contributed by atoms with Gasteiger partial charge >= 0.3 is 0 Å². The summed E-state index contributed by atoms with van der Waals surface area (Å²) in [6.45, 7) is 0.0256. The standard InChI is InChI=1S/C9H11NO2S2/c11-5-9(1-2-9)10-8(12)7-3-6(13)4-14-7/h3-4,11,13H,1-2,5H2,(H,10,12). The van der Waals surface area contributed by atoms with E-state index in [1.807, 2.05) is 5.38 Å². The molecular weight excluding hydrogens is 218 g/mol. The van der Waals surface area contributed by atoms with Crippen molar-refractivity contribution in [3.63, 3.8) is 0 Å². The van der Waals surface area contributed by atoms with Gasteiger partial charge in [-0.1, -0.05) is 0 Å². The fourth-order valence-corrected chi connectivity index (χ4v) is 2.26. The molecule has 1 aliphatic carbocycles. The van der Waals surface area contributed by atoms with Gasteiger partial charge in [-0.25, -0.2) is 0 Å². The van der Waals surface area contributed by atoms with E-state index in [-0.39, 0.29) is 18.1 Å². The van der Waals surface area contributed by atoms with Crippen molar-refractivity contribution in [2.75, 3.05) is 6.61 Å². The molecule has 1 saturated carbocycles. The minimum atomic E-state index is -0.335. The normalized spacial score (nSPS) is 17.9. The predicted molar refractivity (Wildman–Crippen MR) is 58.1 cm³/mol. The van der Waals surface area contributed by atoms with Crippen LogP contribution in [0.15, 0.2) is 16.3 Å². The van der Waals surface area contributed by atoms with E-state index in [4.69, 9.17) is 5.11 Å². The van der Waals surface area contributed by atoms with Crippen LogP contribution < -0.4 is 5.32 Å². The second kappa shape index (κ2) is 3.56. The molecule has 14 heavy (non-hydrogen) atoms. The van der Waals surface area contributed by atoms with Crippen molar-refractivity contribution in [3.8, 4) is 0 Å². The zero-order valence-corrected chi connectivity index (χ0v) is 9.20. The Balaban J connectivity index is 2.03. The number of hydrogen-bond acceptors (Lipinski definition) is 4. The lowest BCUT2D eigenvalue weighted by atomic mass is 10.3. The third-order valence-corrected chi connectivity index (χ3v) is 3.71. The van der Waals surface area contributed by atoms with Crippen LogP contribution in [0.4, 0.5) is 0 Å². The van der Waals surface area contributed by atoms with Gasteiger partial charge in [-0.2, -0.15) is 0 Å². The molecule has 0 aromatic carbocycles.